The van der Waals surface area contributed by atoms with E-state index in [1.165, 1.54) is 12.3 Å². The number of hydrogen-bond acceptors (Lipinski definition) is 1. The summed E-state index contributed by atoms with van der Waals surface area (Å²) < 4.78 is 67.4. The van der Waals surface area contributed by atoms with E-state index < -0.39 is 25.5 Å². The van der Waals surface area contributed by atoms with Gasteiger partial charge in [0, 0.05) is 22.7 Å². The van der Waals surface area contributed by atoms with Crippen molar-refractivity contribution in [2.24, 2.45) is 0 Å². The molecule has 3 aromatic rings. The van der Waals surface area contributed by atoms with Gasteiger partial charge >= 0.3 is 0 Å². The van der Waals surface area contributed by atoms with Crippen molar-refractivity contribution in [3.63, 3.8) is 0 Å². The average Bonchev–Trinajstić information content (AvgIpc) is 2.83. The van der Waals surface area contributed by atoms with Crippen molar-refractivity contribution < 1.29 is 11.0 Å². The standard InChI is InChI=1S/C22H21N/c1-15-11-22(23-14-16(15)2)20-10-6-9-18-12-19(13-21(18)20)17-7-4-3-5-8-17/h3-11,14,19H,12-13H2,1-2H3/i2D3,12D2,13D2,19D. The fourth-order valence-corrected chi connectivity index (χ4v) is 2.75. The van der Waals surface area contributed by atoms with Gasteiger partial charge in [-0.15, -0.1) is 0 Å². The lowest BCUT2D eigenvalue weighted by Gasteiger charge is -2.10. The molecule has 114 valence electrons. The van der Waals surface area contributed by atoms with Crippen molar-refractivity contribution in [3.8, 4) is 11.3 Å². The molecule has 1 nitrogen and oxygen atoms in total. The van der Waals surface area contributed by atoms with E-state index in [4.69, 9.17) is 11.0 Å². The summed E-state index contributed by atoms with van der Waals surface area (Å²) in [5.41, 5.74) is 1.73. The summed E-state index contributed by atoms with van der Waals surface area (Å²) >= 11 is 0. The van der Waals surface area contributed by atoms with Gasteiger partial charge < -0.3 is 0 Å². The number of rotatable bonds is 2. The van der Waals surface area contributed by atoms with Crippen LogP contribution in [-0.4, -0.2) is 4.98 Å². The van der Waals surface area contributed by atoms with Gasteiger partial charge in [0.1, 0.15) is 0 Å². The fraction of sp³-hybridized carbons (Fsp3) is 0.227. The smallest absolute Gasteiger partial charge is 0.0707 e. The summed E-state index contributed by atoms with van der Waals surface area (Å²) in [7, 11) is 0. The van der Waals surface area contributed by atoms with Crippen LogP contribution in [0.5, 0.6) is 0 Å². The van der Waals surface area contributed by atoms with Gasteiger partial charge in [-0.25, -0.2) is 0 Å². The van der Waals surface area contributed by atoms with E-state index in [1.807, 2.05) is 0 Å². The first-order valence-corrected chi connectivity index (χ1v) is 7.50. The minimum absolute atomic E-state index is 0.0763. The number of aromatic nitrogens is 1. The molecule has 1 unspecified atom stereocenters. The lowest BCUT2D eigenvalue weighted by Crippen LogP contribution is -1.97. The molecule has 23 heavy (non-hydrogen) atoms. The summed E-state index contributed by atoms with van der Waals surface area (Å²) in [6, 6.07) is 14.6. The summed E-state index contributed by atoms with van der Waals surface area (Å²) in [6.07, 6.45) is -3.42. The Morgan fingerprint density at radius 1 is 1.09 bits per heavy atom. The van der Waals surface area contributed by atoms with E-state index >= 15 is 0 Å². The monoisotopic (exact) mass is 307 g/mol. The first kappa shape index (κ1) is 7.92. The molecule has 0 bridgehead atoms. The Kier molecular flexibility index (Phi) is 1.95. The zero-order chi connectivity index (χ0) is 22.8. The summed E-state index contributed by atoms with van der Waals surface area (Å²) in [5, 5.41) is 0. The molecule has 0 fully saturated rings. The van der Waals surface area contributed by atoms with Gasteiger partial charge in [0.05, 0.1) is 5.69 Å². The van der Waals surface area contributed by atoms with E-state index in [9.17, 15) is 0 Å². The highest BCUT2D eigenvalue weighted by Crippen LogP contribution is 2.38. The molecule has 1 heteroatoms. The van der Waals surface area contributed by atoms with Crippen molar-refractivity contribution in [2.75, 3.05) is 0 Å². The molecular formula is C22H21N. The lowest BCUT2D eigenvalue weighted by atomic mass is 9.95. The molecule has 0 saturated carbocycles. The third kappa shape index (κ3) is 2.57. The van der Waals surface area contributed by atoms with Crippen LogP contribution in [0.4, 0.5) is 0 Å². The van der Waals surface area contributed by atoms with Crippen LogP contribution >= 0.6 is 0 Å². The third-order valence-corrected chi connectivity index (χ3v) is 4.02. The second kappa shape index (κ2) is 5.66. The molecule has 1 aromatic heterocycles. The van der Waals surface area contributed by atoms with Crippen molar-refractivity contribution in [2.45, 2.75) is 32.4 Å². The van der Waals surface area contributed by atoms with Crippen LogP contribution < -0.4 is 0 Å². The van der Waals surface area contributed by atoms with Crippen molar-refractivity contribution in [3.05, 3.63) is 88.6 Å². The number of aryl methyl sites for hydroxylation is 2. The van der Waals surface area contributed by atoms with E-state index in [0.29, 0.717) is 16.8 Å². The molecule has 0 amide bonds. The number of pyridine rings is 1. The Balaban J connectivity index is 1.97. The number of nitrogens with zero attached hydrogens (tertiary/aromatic N) is 1. The molecule has 0 radical (unpaired) electrons. The van der Waals surface area contributed by atoms with E-state index in [-0.39, 0.29) is 22.3 Å². The molecule has 1 aliphatic carbocycles. The van der Waals surface area contributed by atoms with Crippen LogP contribution in [0.1, 0.15) is 44.7 Å². The maximum Gasteiger partial charge on any atom is 0.0707 e. The van der Waals surface area contributed by atoms with E-state index in [2.05, 4.69) is 4.98 Å². The Labute approximate surface area is 149 Å². The quantitative estimate of drug-likeness (QED) is 0.630. The molecule has 2 aromatic carbocycles. The largest absolute Gasteiger partial charge is 0.256 e. The SMILES string of the molecule is [2H]C([2H])([2H])c1cnc(-c2cccc3c2C([2H])([2H])C([2H])(c2ccccc2)C3([2H])[2H])cc1C. The predicted octanol–water partition coefficient (Wildman–Crippen LogP) is 5.25. The Morgan fingerprint density at radius 2 is 1.96 bits per heavy atom. The third-order valence-electron chi connectivity index (χ3n) is 4.02. The maximum atomic E-state index is 9.09. The van der Waals surface area contributed by atoms with Gasteiger partial charge in [0.25, 0.3) is 0 Å². The first-order chi connectivity index (χ1) is 14.3. The first-order valence-electron chi connectivity index (χ1n) is 11.5. The molecule has 4 rings (SSSR count). The summed E-state index contributed by atoms with van der Waals surface area (Å²) in [4.78, 5) is 4.28. The van der Waals surface area contributed by atoms with Crippen molar-refractivity contribution >= 4 is 0 Å². The molecule has 0 saturated heterocycles. The van der Waals surface area contributed by atoms with Crippen molar-refractivity contribution in [1.29, 1.82) is 0 Å². The van der Waals surface area contributed by atoms with Crippen LogP contribution in [0.3, 0.4) is 0 Å². The van der Waals surface area contributed by atoms with Crippen LogP contribution in [-0.2, 0) is 12.7 Å². The Morgan fingerprint density at radius 3 is 2.74 bits per heavy atom. The van der Waals surface area contributed by atoms with Gasteiger partial charge in [0.15, 0.2) is 0 Å². The summed E-state index contributed by atoms with van der Waals surface area (Å²) in [5.74, 6) is -2.21. The van der Waals surface area contributed by atoms with Gasteiger partial charge in [-0.05, 0) is 66.3 Å². The second-order valence-corrected chi connectivity index (χ2v) is 5.60. The lowest BCUT2D eigenvalue weighted by molar-refractivity contribution is 0.742. The fourth-order valence-electron chi connectivity index (χ4n) is 2.75. The Bertz CT molecular complexity index is 1150. The van der Waals surface area contributed by atoms with Gasteiger partial charge in [-0.1, -0.05) is 48.5 Å². The topological polar surface area (TPSA) is 12.9 Å². The minimum atomic E-state index is -2.37. The molecule has 0 spiro atoms. The highest BCUT2D eigenvalue weighted by molar-refractivity contribution is 5.67. The maximum absolute atomic E-state index is 9.09. The second-order valence-electron chi connectivity index (χ2n) is 5.60. The highest BCUT2D eigenvalue weighted by atomic mass is 14.7. The molecule has 1 atom stereocenters. The van der Waals surface area contributed by atoms with Crippen LogP contribution in [0.15, 0.2) is 60.8 Å². The summed E-state index contributed by atoms with van der Waals surface area (Å²) in [6.45, 7) is -0.660. The predicted molar refractivity (Wildman–Crippen MR) is 95.7 cm³/mol. The van der Waals surface area contributed by atoms with Gasteiger partial charge in [-0.2, -0.15) is 0 Å². The molecular weight excluding hydrogens is 278 g/mol. The van der Waals surface area contributed by atoms with E-state index in [1.54, 1.807) is 55.5 Å². The number of fused-ring (bicyclic) bond motifs is 1. The number of hydrogen-bond donors (Lipinski definition) is 0. The normalized spacial score (nSPS) is 29.6. The molecule has 1 heterocycles. The van der Waals surface area contributed by atoms with Crippen molar-refractivity contribution in [1.82, 2.24) is 4.98 Å². The molecule has 0 N–H and O–H groups in total. The minimum Gasteiger partial charge on any atom is -0.256 e. The van der Waals surface area contributed by atoms with Crippen LogP contribution in [0, 0.1) is 13.8 Å². The van der Waals surface area contributed by atoms with Gasteiger partial charge in [-0.3, -0.25) is 4.98 Å². The molecule has 1 aliphatic rings. The Hall–Kier alpha value is -2.41. The van der Waals surface area contributed by atoms with Crippen LogP contribution in [0.2, 0.25) is 0 Å². The zero-order valence-corrected chi connectivity index (χ0v) is 12.7. The van der Waals surface area contributed by atoms with E-state index in [0.717, 1.165) is 0 Å². The highest BCUT2D eigenvalue weighted by Gasteiger charge is 2.25. The van der Waals surface area contributed by atoms with Crippen LogP contribution in [0.25, 0.3) is 11.3 Å². The zero-order valence-electron chi connectivity index (χ0n) is 20.7. The molecule has 0 aliphatic heterocycles. The van der Waals surface area contributed by atoms with Gasteiger partial charge in [0.2, 0.25) is 0 Å². The number of benzene rings is 2. The average molecular weight is 307 g/mol.